The molecule has 2 aromatic rings. The van der Waals surface area contributed by atoms with E-state index in [1.165, 1.54) is 5.56 Å². The molecule has 0 heterocycles. The van der Waals surface area contributed by atoms with Crippen LogP contribution in [0.3, 0.4) is 0 Å². The Kier molecular flexibility index (Phi) is 7.88. The number of carbonyl (C=O) groups excluding carboxylic acids is 1. The fourth-order valence-corrected chi connectivity index (χ4v) is 2.68. The number of nitrogens with one attached hydrogen (secondary N) is 1. The zero-order valence-corrected chi connectivity index (χ0v) is 16.8. The Hall–Kier alpha value is -3.00. The summed E-state index contributed by atoms with van der Waals surface area (Å²) in [7, 11) is 0. The zero-order chi connectivity index (χ0) is 20.4. The molecule has 0 unspecified atom stereocenters. The first-order valence-corrected chi connectivity index (χ1v) is 9.48. The van der Waals surface area contributed by atoms with Crippen LogP contribution in [-0.2, 0) is 16.6 Å². The van der Waals surface area contributed by atoms with Crippen LogP contribution in [0.2, 0.25) is 0 Å². The van der Waals surface area contributed by atoms with Crippen molar-refractivity contribution in [2.45, 2.75) is 39.0 Å². The summed E-state index contributed by atoms with van der Waals surface area (Å²) in [4.78, 5) is 11.4. The summed E-state index contributed by atoms with van der Waals surface area (Å²) in [6, 6.07) is 17.7. The predicted octanol–water partition coefficient (Wildman–Crippen LogP) is 4.01. The number of hydrogen-bond donors (Lipinski definition) is 1. The van der Waals surface area contributed by atoms with Gasteiger partial charge in [0.1, 0.15) is 31.1 Å². The summed E-state index contributed by atoms with van der Waals surface area (Å²) in [6.45, 7) is 7.90. The van der Waals surface area contributed by atoms with Crippen LogP contribution < -0.4 is 14.8 Å². The smallest absolute Gasteiger partial charge is 0.234 e. The minimum Gasteiger partial charge on any atom is -0.490 e. The van der Waals surface area contributed by atoms with Crippen LogP contribution >= 0.6 is 0 Å². The molecule has 0 aliphatic heterocycles. The van der Waals surface area contributed by atoms with Gasteiger partial charge in [0, 0.05) is 6.54 Å². The molecule has 28 heavy (non-hydrogen) atoms. The molecule has 1 amide bonds. The van der Waals surface area contributed by atoms with Gasteiger partial charge in [-0.3, -0.25) is 4.79 Å². The van der Waals surface area contributed by atoms with E-state index in [1.807, 2.05) is 42.5 Å². The maximum absolute atomic E-state index is 11.4. The fourth-order valence-electron chi connectivity index (χ4n) is 2.68. The molecular formula is C23H28N2O3. The lowest BCUT2D eigenvalue weighted by molar-refractivity contribution is -0.120. The van der Waals surface area contributed by atoms with Crippen LogP contribution in [0.25, 0.3) is 0 Å². The van der Waals surface area contributed by atoms with Crippen molar-refractivity contribution < 1.29 is 14.3 Å². The molecule has 2 aromatic carbocycles. The van der Waals surface area contributed by atoms with Gasteiger partial charge in [0.15, 0.2) is 0 Å². The van der Waals surface area contributed by atoms with Gasteiger partial charge in [-0.15, -0.1) is 0 Å². The average molecular weight is 380 g/mol. The van der Waals surface area contributed by atoms with Crippen molar-refractivity contribution in [3.63, 3.8) is 0 Å². The predicted molar refractivity (Wildman–Crippen MR) is 110 cm³/mol. The molecule has 0 saturated carbocycles. The third-order valence-corrected chi connectivity index (χ3v) is 4.26. The third kappa shape index (κ3) is 6.96. The van der Waals surface area contributed by atoms with Crippen molar-refractivity contribution in [3.05, 3.63) is 59.7 Å². The summed E-state index contributed by atoms with van der Waals surface area (Å²) in [5, 5.41) is 11.2. The average Bonchev–Trinajstić information content (AvgIpc) is 2.66. The SMILES string of the molecule is CC(C)(C)c1ccc(OCCOc2ccccc2CCNC(=O)CC#N)cc1. The Balaban J connectivity index is 1.78. The number of nitriles is 1. The minimum absolute atomic E-state index is 0.119. The van der Waals surface area contributed by atoms with Crippen molar-refractivity contribution in [1.82, 2.24) is 5.32 Å². The quantitative estimate of drug-likeness (QED) is 0.667. The summed E-state index contributed by atoms with van der Waals surface area (Å²) in [6.07, 6.45) is 0.523. The van der Waals surface area contributed by atoms with Crippen molar-refractivity contribution in [2.24, 2.45) is 0 Å². The fraction of sp³-hybridized carbons (Fsp3) is 0.391. The maximum atomic E-state index is 11.4. The number of amides is 1. The lowest BCUT2D eigenvalue weighted by Gasteiger charge is -2.19. The molecule has 5 heteroatoms. The number of nitrogens with zero attached hydrogens (tertiary/aromatic N) is 1. The molecule has 0 spiro atoms. The standard InChI is InChI=1S/C23H28N2O3/c1-23(2,3)19-8-10-20(11-9-19)27-16-17-28-21-7-5-4-6-18(21)13-15-25-22(26)12-14-24/h4-11H,12-13,15-17H2,1-3H3,(H,25,26). The third-order valence-electron chi connectivity index (χ3n) is 4.26. The lowest BCUT2D eigenvalue weighted by atomic mass is 9.87. The van der Waals surface area contributed by atoms with Crippen LogP contribution in [0.1, 0.15) is 38.3 Å². The van der Waals surface area contributed by atoms with Gasteiger partial charge in [-0.05, 0) is 41.2 Å². The Morgan fingerprint density at radius 3 is 2.39 bits per heavy atom. The van der Waals surface area contributed by atoms with Crippen molar-refractivity contribution >= 4 is 5.91 Å². The Labute approximate surface area is 167 Å². The van der Waals surface area contributed by atoms with E-state index in [1.54, 1.807) is 0 Å². The van der Waals surface area contributed by atoms with E-state index in [0.29, 0.717) is 26.2 Å². The summed E-state index contributed by atoms with van der Waals surface area (Å²) in [5.74, 6) is 1.35. The number of rotatable bonds is 9. The Morgan fingerprint density at radius 2 is 1.71 bits per heavy atom. The summed E-state index contributed by atoms with van der Waals surface area (Å²) in [5.41, 5.74) is 2.40. The van der Waals surface area contributed by atoms with Gasteiger partial charge in [0.2, 0.25) is 5.91 Å². The Morgan fingerprint density at radius 1 is 1.04 bits per heavy atom. The number of hydrogen-bond acceptors (Lipinski definition) is 4. The normalized spacial score (nSPS) is 10.8. The van der Waals surface area contributed by atoms with Crippen LogP contribution in [0.15, 0.2) is 48.5 Å². The largest absolute Gasteiger partial charge is 0.490 e. The second-order valence-corrected chi connectivity index (χ2v) is 7.51. The van der Waals surface area contributed by atoms with Crippen molar-refractivity contribution in [1.29, 1.82) is 5.26 Å². The van der Waals surface area contributed by atoms with Gasteiger partial charge < -0.3 is 14.8 Å². The second kappa shape index (κ2) is 10.4. The molecule has 5 nitrogen and oxygen atoms in total. The van der Waals surface area contributed by atoms with Gasteiger partial charge in [0.25, 0.3) is 0 Å². The molecule has 148 valence electrons. The molecule has 0 aliphatic carbocycles. The second-order valence-electron chi connectivity index (χ2n) is 7.51. The number of benzene rings is 2. The van der Waals surface area contributed by atoms with Gasteiger partial charge in [-0.1, -0.05) is 51.1 Å². The first-order valence-electron chi connectivity index (χ1n) is 9.48. The summed E-state index contributed by atoms with van der Waals surface area (Å²) >= 11 is 0. The molecule has 0 atom stereocenters. The Bertz CT molecular complexity index is 802. The topological polar surface area (TPSA) is 71.3 Å². The first kappa shape index (κ1) is 21.3. The highest BCUT2D eigenvalue weighted by molar-refractivity contribution is 5.77. The van der Waals surface area contributed by atoms with Gasteiger partial charge in [0.05, 0.1) is 6.07 Å². The molecule has 0 fully saturated rings. The molecule has 0 aromatic heterocycles. The lowest BCUT2D eigenvalue weighted by Crippen LogP contribution is -2.25. The number of para-hydroxylation sites is 1. The molecule has 0 bridgehead atoms. The summed E-state index contributed by atoms with van der Waals surface area (Å²) < 4.78 is 11.6. The molecule has 0 aliphatic rings. The maximum Gasteiger partial charge on any atom is 0.234 e. The molecular weight excluding hydrogens is 352 g/mol. The molecule has 2 rings (SSSR count). The van der Waals surface area contributed by atoms with E-state index in [2.05, 4.69) is 38.2 Å². The van der Waals surface area contributed by atoms with E-state index >= 15 is 0 Å². The zero-order valence-electron chi connectivity index (χ0n) is 16.8. The van der Waals surface area contributed by atoms with Crippen LogP contribution in [0.4, 0.5) is 0 Å². The van der Waals surface area contributed by atoms with Gasteiger partial charge >= 0.3 is 0 Å². The van der Waals surface area contributed by atoms with E-state index in [0.717, 1.165) is 17.1 Å². The van der Waals surface area contributed by atoms with E-state index in [-0.39, 0.29) is 17.7 Å². The highest BCUT2D eigenvalue weighted by atomic mass is 16.5. The van der Waals surface area contributed by atoms with E-state index in [9.17, 15) is 4.79 Å². The first-order chi connectivity index (χ1) is 13.4. The monoisotopic (exact) mass is 380 g/mol. The van der Waals surface area contributed by atoms with Gasteiger partial charge in [-0.2, -0.15) is 5.26 Å². The van der Waals surface area contributed by atoms with Gasteiger partial charge in [-0.25, -0.2) is 0 Å². The molecule has 0 saturated heterocycles. The minimum atomic E-state index is -0.258. The highest BCUT2D eigenvalue weighted by Gasteiger charge is 2.13. The van der Waals surface area contributed by atoms with E-state index in [4.69, 9.17) is 14.7 Å². The number of carbonyl (C=O) groups is 1. The molecule has 1 N–H and O–H groups in total. The van der Waals surface area contributed by atoms with E-state index < -0.39 is 0 Å². The van der Waals surface area contributed by atoms with Crippen LogP contribution in [0.5, 0.6) is 11.5 Å². The number of ether oxygens (including phenoxy) is 2. The van der Waals surface area contributed by atoms with Crippen LogP contribution in [0, 0.1) is 11.3 Å². The van der Waals surface area contributed by atoms with Crippen molar-refractivity contribution in [3.8, 4) is 17.6 Å². The van der Waals surface area contributed by atoms with Crippen LogP contribution in [-0.4, -0.2) is 25.7 Å². The highest BCUT2D eigenvalue weighted by Crippen LogP contribution is 2.24. The van der Waals surface area contributed by atoms with Crippen molar-refractivity contribution in [2.75, 3.05) is 19.8 Å². The molecule has 0 radical (unpaired) electrons.